The van der Waals surface area contributed by atoms with E-state index >= 15 is 0 Å². The summed E-state index contributed by atoms with van der Waals surface area (Å²) in [6.45, 7) is 6.50. The average molecular weight is 394 g/mol. The topological polar surface area (TPSA) is 50.8 Å². The second-order valence-corrected chi connectivity index (χ2v) is 9.07. The molecule has 3 saturated heterocycles. The van der Waals surface area contributed by atoms with Crippen molar-refractivity contribution in [3.8, 4) is 11.5 Å². The van der Waals surface area contributed by atoms with Crippen LogP contribution < -0.4 is 14.8 Å². The monoisotopic (exact) mass is 394 g/mol. The normalized spacial score (nSPS) is 29.9. The molecule has 1 N–H and O–H groups in total. The zero-order valence-corrected chi connectivity index (χ0v) is 15.9. The molecule has 0 unspecified atom stereocenters. The Kier molecular flexibility index (Phi) is 3.53. The Morgan fingerprint density at radius 2 is 2.00 bits per heavy atom. The van der Waals surface area contributed by atoms with Crippen LogP contribution in [0.4, 0.5) is 8.78 Å². The van der Waals surface area contributed by atoms with Crippen LogP contribution in [-0.4, -0.2) is 41.8 Å². The summed E-state index contributed by atoms with van der Waals surface area (Å²) < 4.78 is 36.4. The minimum Gasteiger partial charge on any atom is -0.395 e. The Hall–Kier alpha value is -1.93. The van der Waals surface area contributed by atoms with Crippen LogP contribution in [0, 0.1) is 5.92 Å². The summed E-state index contributed by atoms with van der Waals surface area (Å²) in [7, 11) is 0. The van der Waals surface area contributed by atoms with E-state index in [2.05, 4.69) is 33.5 Å². The number of nitrogens with one attached hydrogen (secondary N) is 1. The third kappa shape index (κ3) is 2.61. The summed E-state index contributed by atoms with van der Waals surface area (Å²) >= 11 is 1.16. The van der Waals surface area contributed by atoms with Crippen molar-refractivity contribution in [2.24, 2.45) is 5.92 Å². The lowest BCUT2D eigenvalue weighted by molar-refractivity contribution is -0.286. The predicted molar refractivity (Wildman–Crippen MR) is 97.7 cm³/mol. The Morgan fingerprint density at radius 3 is 2.70 bits per heavy atom. The van der Waals surface area contributed by atoms with Crippen molar-refractivity contribution in [1.29, 1.82) is 0 Å². The first-order valence-corrected chi connectivity index (χ1v) is 9.94. The number of benzene rings is 1. The quantitative estimate of drug-likeness (QED) is 0.841. The van der Waals surface area contributed by atoms with Crippen LogP contribution in [0.25, 0.3) is 10.1 Å². The molecule has 3 fully saturated rings. The number of ether oxygens (including phenoxy) is 2. The number of hydrogen-bond acceptors (Lipinski definition) is 5. The van der Waals surface area contributed by atoms with Crippen molar-refractivity contribution >= 4 is 27.3 Å². The number of thiophene rings is 1. The molecule has 1 atom stereocenters. The maximum Gasteiger partial charge on any atom is 0.586 e. The summed E-state index contributed by atoms with van der Waals surface area (Å²) in [5.41, 5.74) is -0.0895. The summed E-state index contributed by atoms with van der Waals surface area (Å²) in [6, 6.07) is 4.92. The van der Waals surface area contributed by atoms with Gasteiger partial charge in [0.05, 0.1) is 9.58 Å². The van der Waals surface area contributed by atoms with Gasteiger partial charge in [0.1, 0.15) is 0 Å². The molecule has 0 radical (unpaired) electrons. The number of fused-ring (bicyclic) bond motifs is 6. The van der Waals surface area contributed by atoms with E-state index in [1.807, 2.05) is 0 Å². The molecule has 1 aromatic carbocycles. The van der Waals surface area contributed by atoms with E-state index in [1.54, 1.807) is 12.1 Å². The first-order chi connectivity index (χ1) is 12.7. The molecule has 27 heavy (non-hydrogen) atoms. The van der Waals surface area contributed by atoms with E-state index in [9.17, 15) is 13.6 Å². The van der Waals surface area contributed by atoms with E-state index in [0.717, 1.165) is 37.3 Å². The minimum absolute atomic E-state index is 0.000156. The molecule has 144 valence electrons. The van der Waals surface area contributed by atoms with Gasteiger partial charge in [0, 0.05) is 11.6 Å². The van der Waals surface area contributed by atoms with E-state index in [4.69, 9.17) is 0 Å². The molecule has 2 aromatic rings. The molecule has 4 aliphatic heterocycles. The standard InChI is InChI=1S/C19H20F2N2O3S/c1-18(2)16(10-5-7-23(18)8-6-10)22-17(24)13-9-11-3-4-12-14(15(11)27-13)26-19(20,21)25-12/h3-4,9-10,16H,5-8H2,1-2H3,(H,22,24)/t16-/m1/s1. The number of carbonyl (C=O) groups excluding carboxylic acids is 1. The number of hydrogen-bond donors (Lipinski definition) is 1. The van der Waals surface area contributed by atoms with Crippen LogP contribution >= 0.6 is 11.3 Å². The fourth-order valence-electron chi connectivity index (χ4n) is 4.71. The SMILES string of the molecule is CC1(C)[C@H](NC(=O)c2cc3ccc4c(c3s2)OC(F)(F)O4)C2CCN1CC2. The van der Waals surface area contributed by atoms with E-state index in [0.29, 0.717) is 20.9 Å². The predicted octanol–water partition coefficient (Wildman–Crippen LogP) is 3.83. The molecule has 4 aliphatic rings. The smallest absolute Gasteiger partial charge is 0.395 e. The van der Waals surface area contributed by atoms with E-state index in [1.165, 1.54) is 6.07 Å². The van der Waals surface area contributed by atoms with Gasteiger partial charge in [-0.3, -0.25) is 9.69 Å². The van der Waals surface area contributed by atoms with Crippen LogP contribution in [-0.2, 0) is 0 Å². The molecule has 1 aromatic heterocycles. The lowest BCUT2D eigenvalue weighted by Crippen LogP contribution is -2.69. The number of alkyl halides is 2. The highest BCUT2D eigenvalue weighted by molar-refractivity contribution is 7.21. The van der Waals surface area contributed by atoms with Crippen molar-refractivity contribution in [3.05, 3.63) is 23.1 Å². The van der Waals surface area contributed by atoms with Crippen LogP contribution in [0.2, 0.25) is 0 Å². The third-order valence-corrected chi connectivity index (χ3v) is 7.30. The second kappa shape index (κ2) is 5.54. The highest BCUT2D eigenvalue weighted by Crippen LogP contribution is 2.48. The second-order valence-electron chi connectivity index (χ2n) is 8.02. The van der Waals surface area contributed by atoms with Gasteiger partial charge in [0.25, 0.3) is 5.91 Å². The number of carbonyl (C=O) groups is 1. The Balaban J connectivity index is 1.44. The van der Waals surface area contributed by atoms with Crippen molar-refractivity contribution in [2.45, 2.75) is 44.6 Å². The molecular weight excluding hydrogens is 374 g/mol. The number of rotatable bonds is 2. The molecule has 0 saturated carbocycles. The highest BCUT2D eigenvalue weighted by Gasteiger charge is 2.48. The average Bonchev–Trinajstić information content (AvgIpc) is 3.17. The van der Waals surface area contributed by atoms with Gasteiger partial charge in [0.2, 0.25) is 0 Å². The van der Waals surface area contributed by atoms with Crippen LogP contribution in [0.3, 0.4) is 0 Å². The van der Waals surface area contributed by atoms with Gasteiger partial charge in [-0.2, -0.15) is 0 Å². The number of amides is 1. The first kappa shape index (κ1) is 17.2. The summed E-state index contributed by atoms with van der Waals surface area (Å²) in [4.78, 5) is 15.9. The summed E-state index contributed by atoms with van der Waals surface area (Å²) in [5, 5.41) is 3.90. The maximum absolute atomic E-state index is 13.4. The zero-order chi connectivity index (χ0) is 19.0. The molecule has 5 heterocycles. The highest BCUT2D eigenvalue weighted by atomic mass is 32.1. The van der Waals surface area contributed by atoms with Crippen molar-refractivity contribution in [3.63, 3.8) is 0 Å². The molecule has 2 bridgehead atoms. The minimum atomic E-state index is -3.66. The molecule has 1 amide bonds. The van der Waals surface area contributed by atoms with Gasteiger partial charge >= 0.3 is 6.29 Å². The van der Waals surface area contributed by atoms with E-state index < -0.39 is 6.29 Å². The third-order valence-electron chi connectivity index (χ3n) is 6.15. The fraction of sp³-hybridized carbons (Fsp3) is 0.526. The van der Waals surface area contributed by atoms with Gasteiger partial charge in [-0.15, -0.1) is 20.1 Å². The fourth-order valence-corrected chi connectivity index (χ4v) is 5.74. The maximum atomic E-state index is 13.4. The summed E-state index contributed by atoms with van der Waals surface area (Å²) in [6.07, 6.45) is -1.48. The lowest BCUT2D eigenvalue weighted by atomic mass is 9.72. The van der Waals surface area contributed by atoms with Gasteiger partial charge in [-0.1, -0.05) is 0 Å². The molecule has 0 aliphatic carbocycles. The van der Waals surface area contributed by atoms with Gasteiger partial charge in [-0.05, 0) is 69.3 Å². The van der Waals surface area contributed by atoms with Crippen LogP contribution in [0.1, 0.15) is 36.4 Å². The molecular formula is C19H20F2N2O3S. The lowest BCUT2D eigenvalue weighted by Gasteiger charge is -2.56. The zero-order valence-electron chi connectivity index (χ0n) is 15.1. The Labute approximate surface area is 159 Å². The Morgan fingerprint density at radius 1 is 1.26 bits per heavy atom. The molecule has 5 nitrogen and oxygen atoms in total. The Bertz CT molecular complexity index is 934. The van der Waals surface area contributed by atoms with Gasteiger partial charge in [-0.25, -0.2) is 0 Å². The van der Waals surface area contributed by atoms with Gasteiger partial charge in [0.15, 0.2) is 11.5 Å². The largest absolute Gasteiger partial charge is 0.586 e. The molecule has 8 heteroatoms. The van der Waals surface area contributed by atoms with Crippen molar-refractivity contribution < 1.29 is 23.0 Å². The number of halogens is 2. The number of nitrogens with zero attached hydrogens (tertiary/aromatic N) is 1. The first-order valence-electron chi connectivity index (χ1n) is 9.13. The van der Waals surface area contributed by atoms with E-state index in [-0.39, 0.29) is 29.0 Å². The van der Waals surface area contributed by atoms with Crippen molar-refractivity contribution in [1.82, 2.24) is 10.2 Å². The van der Waals surface area contributed by atoms with Crippen LogP contribution in [0.5, 0.6) is 11.5 Å². The number of piperidine rings is 3. The molecule has 0 spiro atoms. The molecule has 6 rings (SSSR count). The van der Waals surface area contributed by atoms with Crippen LogP contribution in [0.15, 0.2) is 18.2 Å². The van der Waals surface area contributed by atoms with Gasteiger partial charge < -0.3 is 14.8 Å². The summed E-state index contributed by atoms with van der Waals surface area (Å²) in [5.74, 6) is 0.315. The van der Waals surface area contributed by atoms with Crippen molar-refractivity contribution in [2.75, 3.05) is 13.1 Å².